The Labute approximate surface area is 154 Å². The highest BCUT2D eigenvalue weighted by molar-refractivity contribution is 9.10. The van der Waals surface area contributed by atoms with Crippen LogP contribution in [0.4, 0.5) is 4.39 Å². The van der Waals surface area contributed by atoms with Crippen LogP contribution in [0.1, 0.15) is 27.9 Å². The number of esters is 1. The molecule has 0 heterocycles. The van der Waals surface area contributed by atoms with Crippen molar-refractivity contribution in [2.75, 3.05) is 13.2 Å². The number of nitrogens with one attached hydrogen (secondary N) is 1. The van der Waals surface area contributed by atoms with Crippen LogP contribution in [-0.4, -0.2) is 25.0 Å². The predicted molar refractivity (Wildman–Crippen MR) is 96.9 cm³/mol. The molecule has 0 saturated heterocycles. The summed E-state index contributed by atoms with van der Waals surface area (Å²) in [5.41, 5.74) is 2.53. The Morgan fingerprint density at radius 3 is 2.56 bits per heavy atom. The van der Waals surface area contributed by atoms with Gasteiger partial charge in [-0.15, -0.1) is 0 Å². The topological polar surface area (TPSA) is 55.4 Å². The summed E-state index contributed by atoms with van der Waals surface area (Å²) in [6.45, 7) is 2.30. The molecule has 0 radical (unpaired) electrons. The van der Waals surface area contributed by atoms with Crippen LogP contribution < -0.4 is 5.32 Å². The second-order valence-electron chi connectivity index (χ2n) is 5.60. The summed E-state index contributed by atoms with van der Waals surface area (Å²) in [4.78, 5) is 23.7. The van der Waals surface area contributed by atoms with Crippen LogP contribution in [0, 0.1) is 12.7 Å². The largest absolute Gasteiger partial charge is 0.460 e. The number of amides is 1. The summed E-state index contributed by atoms with van der Waals surface area (Å²) >= 11 is 3.12. The van der Waals surface area contributed by atoms with Gasteiger partial charge >= 0.3 is 5.97 Å². The lowest BCUT2D eigenvalue weighted by Gasteiger charge is -2.08. The molecule has 0 aliphatic rings. The molecule has 6 heteroatoms. The van der Waals surface area contributed by atoms with E-state index in [2.05, 4.69) is 21.2 Å². The molecule has 0 aliphatic heterocycles. The number of benzene rings is 2. The first-order valence-corrected chi connectivity index (χ1v) is 8.69. The first-order valence-electron chi connectivity index (χ1n) is 7.90. The lowest BCUT2D eigenvalue weighted by Crippen LogP contribution is -2.28. The van der Waals surface area contributed by atoms with Crippen LogP contribution in [0.2, 0.25) is 0 Å². The number of ether oxygens (including phenoxy) is 1. The predicted octanol–water partition coefficient (Wildman–Crippen LogP) is 3.80. The van der Waals surface area contributed by atoms with Crippen molar-refractivity contribution >= 4 is 27.8 Å². The van der Waals surface area contributed by atoms with Crippen molar-refractivity contribution in [3.8, 4) is 0 Å². The first-order chi connectivity index (χ1) is 12.0. The van der Waals surface area contributed by atoms with Crippen LogP contribution in [-0.2, 0) is 16.0 Å². The first kappa shape index (κ1) is 19.1. The molecule has 0 fully saturated rings. The van der Waals surface area contributed by atoms with Crippen LogP contribution in [0.25, 0.3) is 0 Å². The minimum absolute atomic E-state index is 0.0545. The molecule has 1 N–H and O–H groups in total. The van der Waals surface area contributed by atoms with E-state index in [9.17, 15) is 14.0 Å². The molecule has 2 rings (SSSR count). The third kappa shape index (κ3) is 6.31. The lowest BCUT2D eigenvalue weighted by atomic mass is 10.1. The minimum atomic E-state index is -0.569. The van der Waals surface area contributed by atoms with Crippen molar-refractivity contribution in [1.82, 2.24) is 5.32 Å². The molecule has 0 atom stereocenters. The average Bonchev–Trinajstić information content (AvgIpc) is 2.58. The highest BCUT2D eigenvalue weighted by atomic mass is 79.9. The Morgan fingerprint density at radius 1 is 1.16 bits per heavy atom. The Bertz CT molecular complexity index is 747. The fraction of sp³-hybridized carbons (Fsp3) is 0.263. The van der Waals surface area contributed by atoms with Gasteiger partial charge in [0.15, 0.2) is 0 Å². The number of carbonyl (C=O) groups excluding carboxylic acids is 2. The van der Waals surface area contributed by atoms with Gasteiger partial charge in [0.2, 0.25) is 5.91 Å². The Hall–Kier alpha value is -2.21. The van der Waals surface area contributed by atoms with E-state index in [-0.39, 0.29) is 24.6 Å². The maximum atomic E-state index is 13.0. The smallest absolute Gasteiger partial charge is 0.339 e. The maximum absolute atomic E-state index is 13.0. The maximum Gasteiger partial charge on any atom is 0.339 e. The summed E-state index contributed by atoms with van der Waals surface area (Å²) in [5, 5.41) is 2.71. The number of hydrogen-bond donors (Lipinski definition) is 1. The summed E-state index contributed by atoms with van der Waals surface area (Å²) in [6, 6.07) is 11.8. The van der Waals surface area contributed by atoms with Crippen LogP contribution in [0.5, 0.6) is 0 Å². The highest BCUT2D eigenvalue weighted by Crippen LogP contribution is 2.18. The highest BCUT2D eigenvalue weighted by Gasteiger charge is 2.12. The van der Waals surface area contributed by atoms with Crippen LogP contribution in [0.15, 0.2) is 46.9 Å². The van der Waals surface area contributed by atoms with E-state index >= 15 is 0 Å². The quantitative estimate of drug-likeness (QED) is 0.560. The molecule has 0 aromatic heterocycles. The second-order valence-corrected chi connectivity index (χ2v) is 6.45. The molecule has 25 heavy (non-hydrogen) atoms. The SMILES string of the molecule is Cc1ccc(CCC(=O)NCCOC(=O)c2ccc(F)cc2Br)cc1. The van der Waals surface area contributed by atoms with E-state index in [0.717, 1.165) is 5.56 Å². The van der Waals surface area contributed by atoms with E-state index in [1.165, 1.54) is 23.8 Å². The van der Waals surface area contributed by atoms with Crippen molar-refractivity contribution < 1.29 is 18.7 Å². The van der Waals surface area contributed by atoms with Gasteiger partial charge in [-0.3, -0.25) is 4.79 Å². The van der Waals surface area contributed by atoms with Crippen molar-refractivity contribution in [3.63, 3.8) is 0 Å². The summed E-state index contributed by atoms with van der Waals surface area (Å²) < 4.78 is 18.4. The molecule has 132 valence electrons. The van der Waals surface area contributed by atoms with Crippen molar-refractivity contribution in [1.29, 1.82) is 0 Å². The third-order valence-electron chi connectivity index (χ3n) is 3.57. The fourth-order valence-corrected chi connectivity index (χ4v) is 2.68. The monoisotopic (exact) mass is 407 g/mol. The zero-order chi connectivity index (χ0) is 18.2. The summed E-state index contributed by atoms with van der Waals surface area (Å²) in [7, 11) is 0. The number of halogens is 2. The van der Waals surface area contributed by atoms with Gasteiger partial charge in [0.05, 0.1) is 12.1 Å². The standard InChI is InChI=1S/C19H19BrFNO3/c1-13-2-4-14(5-3-13)6-9-18(23)22-10-11-25-19(24)16-8-7-15(21)12-17(16)20/h2-5,7-8,12H,6,9-11H2,1H3,(H,22,23). The van der Waals surface area contributed by atoms with Gasteiger partial charge in [0.25, 0.3) is 0 Å². The Morgan fingerprint density at radius 2 is 1.88 bits per heavy atom. The van der Waals surface area contributed by atoms with E-state index in [1.807, 2.05) is 31.2 Å². The van der Waals surface area contributed by atoms with Crippen LogP contribution >= 0.6 is 15.9 Å². The molecular formula is C19H19BrFNO3. The van der Waals surface area contributed by atoms with Crippen molar-refractivity contribution in [3.05, 3.63) is 69.4 Å². The van der Waals surface area contributed by atoms with E-state index in [4.69, 9.17) is 4.74 Å². The normalized spacial score (nSPS) is 10.4. The van der Waals surface area contributed by atoms with Gasteiger partial charge in [-0.05, 0) is 53.0 Å². The molecule has 2 aromatic carbocycles. The molecule has 0 aliphatic carbocycles. The lowest BCUT2D eigenvalue weighted by molar-refractivity contribution is -0.121. The molecule has 4 nitrogen and oxygen atoms in total. The van der Waals surface area contributed by atoms with Gasteiger partial charge in [0, 0.05) is 10.9 Å². The number of hydrogen-bond acceptors (Lipinski definition) is 3. The van der Waals surface area contributed by atoms with E-state index < -0.39 is 11.8 Å². The molecular weight excluding hydrogens is 389 g/mol. The van der Waals surface area contributed by atoms with E-state index in [1.54, 1.807) is 0 Å². The van der Waals surface area contributed by atoms with E-state index in [0.29, 0.717) is 17.3 Å². The van der Waals surface area contributed by atoms with Gasteiger partial charge in [0.1, 0.15) is 12.4 Å². The number of aryl methyl sites for hydroxylation is 2. The average molecular weight is 408 g/mol. The third-order valence-corrected chi connectivity index (χ3v) is 4.23. The molecule has 2 aromatic rings. The molecule has 0 bridgehead atoms. The minimum Gasteiger partial charge on any atom is -0.460 e. The molecule has 0 spiro atoms. The number of rotatable bonds is 7. The molecule has 0 unspecified atom stereocenters. The zero-order valence-corrected chi connectivity index (χ0v) is 15.4. The zero-order valence-electron chi connectivity index (χ0n) is 13.9. The number of carbonyl (C=O) groups is 2. The van der Waals surface area contributed by atoms with Gasteiger partial charge in [-0.1, -0.05) is 29.8 Å². The summed E-state index contributed by atoms with van der Waals surface area (Å²) in [6.07, 6.45) is 1.04. The molecule has 1 amide bonds. The fourth-order valence-electron chi connectivity index (χ4n) is 2.17. The van der Waals surface area contributed by atoms with Crippen molar-refractivity contribution in [2.45, 2.75) is 19.8 Å². The Balaban J connectivity index is 1.67. The van der Waals surface area contributed by atoms with Crippen LogP contribution in [0.3, 0.4) is 0 Å². The second kappa shape index (κ2) is 9.32. The molecule has 0 saturated carbocycles. The van der Waals surface area contributed by atoms with Gasteiger partial charge < -0.3 is 10.1 Å². The van der Waals surface area contributed by atoms with Crippen molar-refractivity contribution in [2.24, 2.45) is 0 Å². The van der Waals surface area contributed by atoms with Gasteiger partial charge in [-0.25, -0.2) is 9.18 Å². The Kier molecular flexibility index (Phi) is 7.13. The van der Waals surface area contributed by atoms with Gasteiger partial charge in [-0.2, -0.15) is 0 Å². The summed E-state index contributed by atoms with van der Waals surface area (Å²) in [5.74, 6) is -1.11.